The van der Waals surface area contributed by atoms with Crippen LogP contribution in [0.15, 0.2) is 41.3 Å². The second kappa shape index (κ2) is 8.73. The van der Waals surface area contributed by atoms with E-state index in [0.29, 0.717) is 25.5 Å². The van der Waals surface area contributed by atoms with E-state index in [2.05, 4.69) is 4.72 Å². The summed E-state index contributed by atoms with van der Waals surface area (Å²) in [7, 11) is -0.440. The fourth-order valence-electron chi connectivity index (χ4n) is 3.98. The lowest BCUT2D eigenvalue weighted by Crippen LogP contribution is -2.44. The molecule has 6 nitrogen and oxygen atoms in total. The normalized spacial score (nSPS) is 16.4. The van der Waals surface area contributed by atoms with Crippen LogP contribution in [-0.2, 0) is 20.2 Å². The summed E-state index contributed by atoms with van der Waals surface area (Å²) in [5, 5.41) is 0. The smallest absolute Gasteiger partial charge is 0.240 e. The lowest BCUT2D eigenvalue weighted by atomic mass is 9.74. The molecule has 0 radical (unpaired) electrons. The van der Waals surface area contributed by atoms with E-state index in [4.69, 9.17) is 14.2 Å². The van der Waals surface area contributed by atoms with Crippen molar-refractivity contribution in [3.05, 3.63) is 53.1 Å². The van der Waals surface area contributed by atoms with Crippen molar-refractivity contribution in [2.45, 2.75) is 37.0 Å². The lowest BCUT2D eigenvalue weighted by Gasteiger charge is -2.38. The van der Waals surface area contributed by atoms with Gasteiger partial charge in [-0.15, -0.1) is 0 Å². The molecule has 3 rings (SSSR count). The maximum atomic E-state index is 13.0. The van der Waals surface area contributed by atoms with Crippen LogP contribution < -0.4 is 14.2 Å². The summed E-state index contributed by atoms with van der Waals surface area (Å²) in [5.41, 5.74) is 2.37. The Morgan fingerprint density at radius 2 is 1.59 bits per heavy atom. The van der Waals surface area contributed by atoms with E-state index in [9.17, 15) is 8.42 Å². The van der Waals surface area contributed by atoms with Crippen molar-refractivity contribution in [1.82, 2.24) is 4.72 Å². The van der Waals surface area contributed by atoms with Crippen LogP contribution >= 0.6 is 0 Å². The molecule has 1 N–H and O–H groups in total. The van der Waals surface area contributed by atoms with Gasteiger partial charge in [0.15, 0.2) is 0 Å². The minimum atomic E-state index is -3.66. The molecule has 1 saturated heterocycles. The van der Waals surface area contributed by atoms with E-state index < -0.39 is 10.0 Å². The second-order valence-electron chi connectivity index (χ2n) is 7.54. The van der Waals surface area contributed by atoms with Crippen molar-refractivity contribution in [2.24, 2.45) is 0 Å². The summed E-state index contributed by atoms with van der Waals surface area (Å²) < 4.78 is 45.1. The maximum Gasteiger partial charge on any atom is 0.240 e. The van der Waals surface area contributed by atoms with Gasteiger partial charge in [-0.25, -0.2) is 13.1 Å². The average Bonchev–Trinajstić information content (AvgIpc) is 2.73. The molecule has 2 aromatic carbocycles. The highest BCUT2D eigenvalue weighted by Gasteiger charge is 2.36. The molecule has 29 heavy (non-hydrogen) atoms. The van der Waals surface area contributed by atoms with E-state index in [-0.39, 0.29) is 10.3 Å². The van der Waals surface area contributed by atoms with E-state index >= 15 is 0 Å². The van der Waals surface area contributed by atoms with Crippen molar-refractivity contribution in [3.8, 4) is 11.5 Å². The molecule has 0 atom stereocenters. The van der Waals surface area contributed by atoms with Crippen molar-refractivity contribution in [1.29, 1.82) is 0 Å². The zero-order valence-corrected chi connectivity index (χ0v) is 18.3. The summed E-state index contributed by atoms with van der Waals surface area (Å²) in [6.45, 7) is 5.22. The summed E-state index contributed by atoms with van der Waals surface area (Å²) in [4.78, 5) is 0.255. The Labute approximate surface area is 173 Å². The van der Waals surface area contributed by atoms with Crippen LogP contribution in [-0.4, -0.2) is 42.4 Å². The van der Waals surface area contributed by atoms with Crippen LogP contribution in [0.1, 0.15) is 29.5 Å². The van der Waals surface area contributed by atoms with Crippen molar-refractivity contribution in [2.75, 3.05) is 34.0 Å². The van der Waals surface area contributed by atoms with Crippen molar-refractivity contribution in [3.63, 3.8) is 0 Å². The first-order valence-corrected chi connectivity index (χ1v) is 11.2. The molecule has 0 bridgehead atoms. The van der Waals surface area contributed by atoms with Gasteiger partial charge in [0, 0.05) is 25.2 Å². The molecule has 1 heterocycles. The van der Waals surface area contributed by atoms with Gasteiger partial charge < -0.3 is 14.2 Å². The Balaban J connectivity index is 1.87. The van der Waals surface area contributed by atoms with Gasteiger partial charge in [0.05, 0.1) is 19.1 Å². The van der Waals surface area contributed by atoms with E-state index in [1.165, 1.54) is 0 Å². The number of hydrogen-bond acceptors (Lipinski definition) is 5. The van der Waals surface area contributed by atoms with Gasteiger partial charge in [0.25, 0.3) is 0 Å². The van der Waals surface area contributed by atoms with Gasteiger partial charge in [-0.1, -0.05) is 12.1 Å². The summed E-state index contributed by atoms with van der Waals surface area (Å²) in [6.07, 6.45) is 1.50. The standard InChI is InChI=1S/C22H29NO5S/c1-16-13-20(14-17(2)21(16)27-4)29(24,25)23-15-22(9-11-28-12-10-22)18-5-7-19(26-3)8-6-18/h5-8,13-14,23H,9-12,15H2,1-4H3. The summed E-state index contributed by atoms with van der Waals surface area (Å²) in [5.74, 6) is 1.49. The molecule has 1 fully saturated rings. The highest BCUT2D eigenvalue weighted by Crippen LogP contribution is 2.36. The first-order chi connectivity index (χ1) is 13.8. The van der Waals surface area contributed by atoms with Crippen LogP contribution in [0.5, 0.6) is 11.5 Å². The number of ether oxygens (including phenoxy) is 3. The molecule has 1 aliphatic heterocycles. The fraction of sp³-hybridized carbons (Fsp3) is 0.455. The molecule has 158 valence electrons. The first kappa shape index (κ1) is 21.6. The highest BCUT2D eigenvalue weighted by molar-refractivity contribution is 7.89. The van der Waals surface area contributed by atoms with Crippen LogP contribution in [0, 0.1) is 13.8 Å². The maximum absolute atomic E-state index is 13.0. The molecule has 0 aliphatic carbocycles. The zero-order chi connectivity index (χ0) is 21.1. The number of rotatable bonds is 7. The molecule has 0 unspecified atom stereocenters. The van der Waals surface area contributed by atoms with E-state index in [1.807, 2.05) is 38.1 Å². The Hall–Kier alpha value is -2.09. The SMILES string of the molecule is COc1ccc(C2(CNS(=O)(=O)c3cc(C)c(OC)c(C)c3)CCOCC2)cc1. The topological polar surface area (TPSA) is 73.9 Å². The monoisotopic (exact) mass is 419 g/mol. The quantitative estimate of drug-likeness (QED) is 0.745. The molecular formula is C22H29NO5S. The average molecular weight is 420 g/mol. The Bertz CT molecular complexity index is 925. The van der Waals surface area contributed by atoms with Gasteiger partial charge in [-0.3, -0.25) is 0 Å². The molecular weight excluding hydrogens is 390 g/mol. The first-order valence-electron chi connectivity index (χ1n) is 9.68. The third kappa shape index (κ3) is 4.57. The van der Waals surface area contributed by atoms with Gasteiger partial charge in [-0.2, -0.15) is 0 Å². The minimum Gasteiger partial charge on any atom is -0.497 e. The highest BCUT2D eigenvalue weighted by atomic mass is 32.2. The van der Waals surface area contributed by atoms with Crippen LogP contribution in [0.2, 0.25) is 0 Å². The van der Waals surface area contributed by atoms with Crippen molar-refractivity contribution < 1.29 is 22.6 Å². The summed E-state index contributed by atoms with van der Waals surface area (Å²) >= 11 is 0. The number of benzene rings is 2. The third-order valence-electron chi connectivity index (χ3n) is 5.70. The van der Waals surface area contributed by atoms with E-state index in [0.717, 1.165) is 35.3 Å². The van der Waals surface area contributed by atoms with Gasteiger partial charge in [0.2, 0.25) is 10.0 Å². The predicted molar refractivity (Wildman–Crippen MR) is 112 cm³/mol. The number of sulfonamides is 1. The molecule has 0 saturated carbocycles. The predicted octanol–water partition coefficient (Wildman–Crippen LogP) is 3.35. The Morgan fingerprint density at radius 1 is 1.00 bits per heavy atom. The molecule has 0 aromatic heterocycles. The third-order valence-corrected chi connectivity index (χ3v) is 7.08. The minimum absolute atomic E-state index is 0.255. The molecule has 0 amide bonds. The summed E-state index contributed by atoms with van der Waals surface area (Å²) in [6, 6.07) is 11.2. The molecule has 0 spiro atoms. The number of nitrogens with one attached hydrogen (secondary N) is 1. The van der Waals surface area contributed by atoms with Crippen LogP contribution in [0.3, 0.4) is 0 Å². The zero-order valence-electron chi connectivity index (χ0n) is 17.4. The number of methoxy groups -OCH3 is 2. The van der Waals surface area contributed by atoms with Gasteiger partial charge in [0.1, 0.15) is 11.5 Å². The van der Waals surface area contributed by atoms with Crippen LogP contribution in [0.4, 0.5) is 0 Å². The molecule has 7 heteroatoms. The second-order valence-corrected chi connectivity index (χ2v) is 9.30. The number of hydrogen-bond donors (Lipinski definition) is 1. The molecule has 2 aromatic rings. The van der Waals surface area contributed by atoms with Gasteiger partial charge in [-0.05, 0) is 67.6 Å². The largest absolute Gasteiger partial charge is 0.497 e. The van der Waals surface area contributed by atoms with Crippen LogP contribution in [0.25, 0.3) is 0 Å². The Kier molecular flexibility index (Phi) is 6.51. The van der Waals surface area contributed by atoms with Crippen molar-refractivity contribution >= 4 is 10.0 Å². The number of aryl methyl sites for hydroxylation is 2. The molecule has 1 aliphatic rings. The van der Waals surface area contributed by atoms with Gasteiger partial charge >= 0.3 is 0 Å². The Morgan fingerprint density at radius 3 is 2.10 bits per heavy atom. The lowest BCUT2D eigenvalue weighted by molar-refractivity contribution is 0.0517. The van der Waals surface area contributed by atoms with E-state index in [1.54, 1.807) is 26.4 Å². The fourth-order valence-corrected chi connectivity index (χ4v) is 5.28.